The highest BCUT2D eigenvalue weighted by atomic mass is 32.2. The van der Waals surface area contributed by atoms with Crippen LogP contribution in [-0.4, -0.2) is 43.9 Å². The molecule has 0 atom stereocenters. The van der Waals surface area contributed by atoms with Crippen molar-refractivity contribution < 1.29 is 13.2 Å². The van der Waals surface area contributed by atoms with E-state index in [-0.39, 0.29) is 9.94 Å². The first-order valence-corrected chi connectivity index (χ1v) is 9.44. The Balaban J connectivity index is 2.06. The fraction of sp³-hybridized carbons (Fsp3) is 0.500. The number of aryl methyl sites for hydroxylation is 1. The molecule has 0 unspecified atom stereocenters. The van der Waals surface area contributed by atoms with Crippen molar-refractivity contribution in [2.24, 2.45) is 5.10 Å². The zero-order valence-corrected chi connectivity index (χ0v) is 14.3. The Bertz CT molecular complexity index is 765. The summed E-state index contributed by atoms with van der Waals surface area (Å²) in [6, 6.07) is 5.11. The highest BCUT2D eigenvalue weighted by Gasteiger charge is 2.39. The predicted molar refractivity (Wildman–Crippen MR) is 89.3 cm³/mol. The molecule has 3 rings (SSSR count). The second-order valence-corrected chi connectivity index (χ2v) is 7.78. The van der Waals surface area contributed by atoms with Gasteiger partial charge in [0.2, 0.25) is 14.9 Å². The van der Waals surface area contributed by atoms with Crippen LogP contribution in [0, 0.1) is 6.92 Å². The SMILES string of the molecule is CCN1N=C(C(=O)N2CCCCC2)S(=O)(=O)c2ccc(C)cc21. The number of carbonyl (C=O) groups excluding carboxylic acids is 1. The first kappa shape index (κ1) is 16.0. The lowest BCUT2D eigenvalue weighted by Crippen LogP contribution is -2.45. The summed E-state index contributed by atoms with van der Waals surface area (Å²) < 4.78 is 25.7. The quantitative estimate of drug-likeness (QED) is 0.828. The molecule has 1 saturated heterocycles. The Hall–Kier alpha value is -1.89. The third-order valence-electron chi connectivity index (χ3n) is 4.27. The van der Waals surface area contributed by atoms with Gasteiger partial charge >= 0.3 is 0 Å². The van der Waals surface area contributed by atoms with E-state index in [4.69, 9.17) is 0 Å². The van der Waals surface area contributed by atoms with E-state index in [1.165, 1.54) is 0 Å². The fourth-order valence-corrected chi connectivity index (χ4v) is 4.47. The molecule has 0 aliphatic carbocycles. The average molecular weight is 335 g/mol. The van der Waals surface area contributed by atoms with Crippen molar-refractivity contribution in [1.29, 1.82) is 0 Å². The van der Waals surface area contributed by atoms with Crippen LogP contribution >= 0.6 is 0 Å². The number of nitrogens with zero attached hydrogens (tertiary/aromatic N) is 3. The molecule has 7 heteroatoms. The first-order chi connectivity index (χ1) is 10.9. The number of sulfone groups is 1. The standard InChI is InChI=1S/C16H21N3O3S/c1-3-19-13-11-12(2)7-8-14(13)23(21,22)15(17-19)16(20)18-9-5-4-6-10-18/h7-8,11H,3-6,9-10H2,1-2H3. The smallest absolute Gasteiger partial charge is 0.286 e. The Morgan fingerprint density at radius 1 is 1.22 bits per heavy atom. The van der Waals surface area contributed by atoms with E-state index in [1.54, 1.807) is 28.1 Å². The second kappa shape index (κ2) is 5.96. The van der Waals surface area contributed by atoms with E-state index < -0.39 is 15.7 Å². The minimum absolute atomic E-state index is 0.167. The molecule has 124 valence electrons. The highest BCUT2D eigenvalue weighted by Crippen LogP contribution is 2.33. The van der Waals surface area contributed by atoms with Crippen LogP contribution < -0.4 is 5.01 Å². The maximum Gasteiger partial charge on any atom is 0.286 e. The summed E-state index contributed by atoms with van der Waals surface area (Å²) in [4.78, 5) is 14.5. The van der Waals surface area contributed by atoms with Gasteiger partial charge in [-0.3, -0.25) is 9.80 Å². The van der Waals surface area contributed by atoms with Gasteiger partial charge < -0.3 is 4.90 Å². The van der Waals surface area contributed by atoms with Gasteiger partial charge in [-0.05, 0) is 50.8 Å². The zero-order chi connectivity index (χ0) is 16.6. The molecule has 0 spiro atoms. The van der Waals surface area contributed by atoms with Crippen LogP contribution in [0.5, 0.6) is 0 Å². The van der Waals surface area contributed by atoms with Crippen LogP contribution in [0.1, 0.15) is 31.7 Å². The number of amides is 1. The van der Waals surface area contributed by atoms with E-state index in [0.29, 0.717) is 25.3 Å². The van der Waals surface area contributed by atoms with E-state index in [0.717, 1.165) is 24.8 Å². The van der Waals surface area contributed by atoms with Gasteiger partial charge in [-0.15, -0.1) is 0 Å². The van der Waals surface area contributed by atoms with Gasteiger partial charge in [0, 0.05) is 19.6 Å². The molecular weight excluding hydrogens is 314 g/mol. The maximum atomic E-state index is 12.9. The third kappa shape index (κ3) is 2.73. The molecule has 0 bridgehead atoms. The monoisotopic (exact) mass is 335 g/mol. The Kier molecular flexibility index (Phi) is 4.14. The molecule has 0 radical (unpaired) electrons. The predicted octanol–water partition coefficient (Wildman–Crippen LogP) is 1.93. The van der Waals surface area contributed by atoms with Crippen molar-refractivity contribution in [2.75, 3.05) is 24.6 Å². The minimum Gasteiger partial charge on any atom is -0.337 e. The summed E-state index contributed by atoms with van der Waals surface area (Å²) in [7, 11) is -3.87. The molecule has 2 aliphatic rings. The molecule has 1 amide bonds. The lowest BCUT2D eigenvalue weighted by molar-refractivity contribution is -0.124. The number of piperidine rings is 1. The van der Waals surface area contributed by atoms with Crippen LogP contribution in [0.2, 0.25) is 0 Å². The van der Waals surface area contributed by atoms with Crippen LogP contribution in [0.15, 0.2) is 28.2 Å². The number of hydrogen-bond acceptors (Lipinski definition) is 5. The summed E-state index contributed by atoms with van der Waals surface area (Å²) >= 11 is 0. The molecule has 1 fully saturated rings. The normalized spacial score (nSPS) is 20.0. The third-order valence-corrected chi connectivity index (χ3v) is 5.96. The van der Waals surface area contributed by atoms with Gasteiger partial charge in [0.1, 0.15) is 0 Å². The van der Waals surface area contributed by atoms with Crippen molar-refractivity contribution in [2.45, 2.75) is 38.0 Å². The summed E-state index contributed by atoms with van der Waals surface area (Å²) in [6.45, 7) is 5.48. The average Bonchev–Trinajstić information content (AvgIpc) is 2.55. The number of likely N-dealkylation sites (tertiary alicyclic amines) is 1. The number of benzene rings is 1. The summed E-state index contributed by atoms with van der Waals surface area (Å²) in [5.74, 6) is -0.477. The number of anilines is 1. The summed E-state index contributed by atoms with van der Waals surface area (Å²) in [5, 5.41) is 5.43. The van der Waals surface area contributed by atoms with Gasteiger partial charge in [-0.25, -0.2) is 8.42 Å². The molecule has 0 saturated carbocycles. The van der Waals surface area contributed by atoms with E-state index in [2.05, 4.69) is 5.10 Å². The van der Waals surface area contributed by atoms with Crippen molar-refractivity contribution in [1.82, 2.24) is 4.90 Å². The van der Waals surface area contributed by atoms with Gasteiger partial charge in [0.25, 0.3) is 5.91 Å². The van der Waals surface area contributed by atoms with Gasteiger partial charge in [-0.2, -0.15) is 5.10 Å². The highest BCUT2D eigenvalue weighted by molar-refractivity contribution is 8.08. The van der Waals surface area contributed by atoms with Gasteiger partial charge in [-0.1, -0.05) is 6.07 Å². The number of fused-ring (bicyclic) bond motifs is 1. The van der Waals surface area contributed by atoms with Crippen LogP contribution in [0.4, 0.5) is 5.69 Å². The maximum absolute atomic E-state index is 12.9. The molecular formula is C16H21N3O3S. The second-order valence-electron chi connectivity index (χ2n) is 5.95. The van der Waals surface area contributed by atoms with Crippen molar-refractivity contribution >= 4 is 26.5 Å². The van der Waals surface area contributed by atoms with Crippen molar-refractivity contribution in [3.05, 3.63) is 23.8 Å². The molecule has 1 aromatic carbocycles. The van der Waals surface area contributed by atoms with Crippen LogP contribution in [-0.2, 0) is 14.6 Å². The summed E-state index contributed by atoms with van der Waals surface area (Å²) in [5.41, 5.74) is 1.50. The Morgan fingerprint density at radius 2 is 1.91 bits per heavy atom. The number of hydrogen-bond donors (Lipinski definition) is 0. The minimum atomic E-state index is -3.87. The molecule has 6 nitrogen and oxygen atoms in total. The number of hydrazone groups is 1. The summed E-state index contributed by atoms with van der Waals surface area (Å²) in [6.07, 6.45) is 2.89. The van der Waals surface area contributed by atoms with E-state index >= 15 is 0 Å². The molecule has 2 heterocycles. The Morgan fingerprint density at radius 3 is 2.57 bits per heavy atom. The van der Waals surface area contributed by atoms with E-state index in [1.807, 2.05) is 13.8 Å². The van der Waals surface area contributed by atoms with E-state index in [9.17, 15) is 13.2 Å². The Labute approximate surface area is 136 Å². The number of rotatable bonds is 2. The van der Waals surface area contributed by atoms with Crippen LogP contribution in [0.25, 0.3) is 0 Å². The molecule has 0 aromatic heterocycles. The molecule has 2 aliphatic heterocycles. The number of carbonyl (C=O) groups is 1. The molecule has 23 heavy (non-hydrogen) atoms. The van der Waals surface area contributed by atoms with Crippen molar-refractivity contribution in [3.63, 3.8) is 0 Å². The topological polar surface area (TPSA) is 70.1 Å². The van der Waals surface area contributed by atoms with Crippen LogP contribution in [0.3, 0.4) is 0 Å². The zero-order valence-electron chi connectivity index (χ0n) is 13.4. The molecule has 1 aromatic rings. The van der Waals surface area contributed by atoms with Gasteiger partial charge in [0.05, 0.1) is 10.6 Å². The lowest BCUT2D eigenvalue weighted by Gasteiger charge is -2.30. The van der Waals surface area contributed by atoms with Crippen molar-refractivity contribution in [3.8, 4) is 0 Å². The first-order valence-electron chi connectivity index (χ1n) is 7.96. The molecule has 0 N–H and O–H groups in total. The fourth-order valence-electron chi connectivity index (χ4n) is 3.01. The lowest BCUT2D eigenvalue weighted by atomic mass is 10.1. The largest absolute Gasteiger partial charge is 0.337 e. The van der Waals surface area contributed by atoms with Gasteiger partial charge in [0.15, 0.2) is 0 Å².